The fourth-order valence-corrected chi connectivity index (χ4v) is 2.70. The van der Waals surface area contributed by atoms with Crippen molar-refractivity contribution in [3.63, 3.8) is 0 Å². The molecule has 24 heavy (non-hydrogen) atoms. The number of aromatic nitrogens is 1. The van der Waals surface area contributed by atoms with Gasteiger partial charge in [0, 0.05) is 19.2 Å². The number of halogens is 1. The topological polar surface area (TPSA) is 60.5 Å². The predicted molar refractivity (Wildman–Crippen MR) is 86.3 cm³/mol. The summed E-state index contributed by atoms with van der Waals surface area (Å²) in [5.41, 5.74) is -0.212. The molecular weight excluding hydrogens is 311 g/mol. The standard InChI is InChI=1S/C18H19FN2O3/c1-2-23-15-11-14(17(15)24-12-7-4-3-5-8-12)21-18(22)16-13(19)9-6-10-20-16/h3-10,14-15,17H,2,11H2,1H3,(H,21,22). The van der Waals surface area contributed by atoms with Gasteiger partial charge in [-0.3, -0.25) is 4.79 Å². The van der Waals surface area contributed by atoms with Crippen molar-refractivity contribution in [3.8, 4) is 5.75 Å². The highest BCUT2D eigenvalue weighted by molar-refractivity contribution is 5.92. The minimum absolute atomic E-state index is 0.103. The minimum atomic E-state index is -0.642. The Hall–Kier alpha value is -2.47. The predicted octanol–water partition coefficient (Wildman–Crippen LogP) is 2.58. The SMILES string of the molecule is CCOC1CC(NC(=O)c2ncccc2F)C1Oc1ccccc1. The fraction of sp³-hybridized carbons (Fsp3) is 0.333. The Labute approximate surface area is 139 Å². The van der Waals surface area contributed by atoms with Gasteiger partial charge in [-0.1, -0.05) is 18.2 Å². The van der Waals surface area contributed by atoms with E-state index in [1.807, 2.05) is 37.3 Å². The van der Waals surface area contributed by atoms with Crippen molar-refractivity contribution >= 4 is 5.91 Å². The molecule has 0 spiro atoms. The molecule has 1 amide bonds. The highest BCUT2D eigenvalue weighted by Crippen LogP contribution is 2.29. The van der Waals surface area contributed by atoms with Crippen LogP contribution in [0.1, 0.15) is 23.8 Å². The molecular formula is C18H19FN2O3. The molecule has 2 aromatic rings. The summed E-state index contributed by atoms with van der Waals surface area (Å²) in [4.78, 5) is 16.0. The second-order valence-corrected chi connectivity index (χ2v) is 5.54. The van der Waals surface area contributed by atoms with Gasteiger partial charge in [-0.25, -0.2) is 9.37 Å². The number of pyridine rings is 1. The normalized spacial score (nSPS) is 22.5. The van der Waals surface area contributed by atoms with Crippen LogP contribution in [0.25, 0.3) is 0 Å². The Bertz CT molecular complexity index is 696. The van der Waals surface area contributed by atoms with E-state index < -0.39 is 11.7 Å². The lowest BCUT2D eigenvalue weighted by Gasteiger charge is -2.43. The molecule has 1 N–H and O–H groups in total. The Balaban J connectivity index is 1.68. The number of nitrogens with one attached hydrogen (secondary N) is 1. The van der Waals surface area contributed by atoms with Crippen LogP contribution in [0.4, 0.5) is 4.39 Å². The maximum Gasteiger partial charge on any atom is 0.273 e. The molecule has 1 saturated carbocycles. The maximum atomic E-state index is 13.7. The van der Waals surface area contributed by atoms with E-state index in [9.17, 15) is 9.18 Å². The first-order valence-corrected chi connectivity index (χ1v) is 7.93. The molecule has 3 atom stereocenters. The summed E-state index contributed by atoms with van der Waals surface area (Å²) in [6.07, 6.45) is 1.59. The van der Waals surface area contributed by atoms with Gasteiger partial charge in [0.1, 0.15) is 11.9 Å². The highest BCUT2D eigenvalue weighted by atomic mass is 19.1. The van der Waals surface area contributed by atoms with Crippen molar-refractivity contribution in [1.29, 1.82) is 0 Å². The largest absolute Gasteiger partial charge is 0.486 e. The number of hydrogen-bond donors (Lipinski definition) is 1. The van der Waals surface area contributed by atoms with Crippen LogP contribution >= 0.6 is 0 Å². The smallest absolute Gasteiger partial charge is 0.273 e. The van der Waals surface area contributed by atoms with Crippen LogP contribution in [0.3, 0.4) is 0 Å². The lowest BCUT2D eigenvalue weighted by Crippen LogP contribution is -2.62. The van der Waals surface area contributed by atoms with E-state index in [2.05, 4.69) is 10.3 Å². The maximum absolute atomic E-state index is 13.7. The molecule has 1 heterocycles. The molecule has 0 saturated heterocycles. The summed E-state index contributed by atoms with van der Waals surface area (Å²) in [6, 6.07) is 11.7. The van der Waals surface area contributed by atoms with Gasteiger partial charge < -0.3 is 14.8 Å². The second kappa shape index (κ2) is 7.40. The van der Waals surface area contributed by atoms with E-state index >= 15 is 0 Å². The van der Waals surface area contributed by atoms with Crippen molar-refractivity contribution in [3.05, 3.63) is 60.2 Å². The Kier molecular flexibility index (Phi) is 5.05. The van der Waals surface area contributed by atoms with E-state index in [1.165, 1.54) is 18.3 Å². The molecule has 6 heteroatoms. The average Bonchev–Trinajstić information content (AvgIpc) is 2.60. The van der Waals surface area contributed by atoms with Crippen LogP contribution in [0.2, 0.25) is 0 Å². The zero-order valence-electron chi connectivity index (χ0n) is 13.3. The quantitative estimate of drug-likeness (QED) is 0.884. The fourth-order valence-electron chi connectivity index (χ4n) is 2.70. The zero-order chi connectivity index (χ0) is 16.9. The number of rotatable bonds is 6. The van der Waals surface area contributed by atoms with Crippen molar-refractivity contribution in [1.82, 2.24) is 10.3 Å². The number of para-hydroxylation sites is 1. The number of carbonyl (C=O) groups excluding carboxylic acids is 1. The summed E-state index contributed by atoms with van der Waals surface area (Å²) < 4.78 is 25.3. The molecule has 0 radical (unpaired) electrons. The van der Waals surface area contributed by atoms with E-state index in [1.54, 1.807) is 0 Å². The number of benzene rings is 1. The van der Waals surface area contributed by atoms with E-state index in [0.29, 0.717) is 18.8 Å². The Morgan fingerprint density at radius 2 is 2.08 bits per heavy atom. The van der Waals surface area contributed by atoms with Gasteiger partial charge >= 0.3 is 0 Å². The van der Waals surface area contributed by atoms with Crippen LogP contribution in [0.5, 0.6) is 5.75 Å². The molecule has 1 aliphatic carbocycles. The molecule has 1 aromatic carbocycles. The molecule has 0 bridgehead atoms. The molecule has 5 nitrogen and oxygen atoms in total. The second-order valence-electron chi connectivity index (χ2n) is 5.54. The summed E-state index contributed by atoms with van der Waals surface area (Å²) in [5.74, 6) is -0.485. The van der Waals surface area contributed by atoms with Gasteiger partial charge in [0.25, 0.3) is 5.91 Å². The van der Waals surface area contributed by atoms with E-state index in [0.717, 1.165) is 0 Å². The third-order valence-corrected chi connectivity index (χ3v) is 3.94. The van der Waals surface area contributed by atoms with E-state index in [4.69, 9.17) is 9.47 Å². The number of nitrogens with zero attached hydrogens (tertiary/aromatic N) is 1. The van der Waals surface area contributed by atoms with Crippen molar-refractivity contribution in [2.75, 3.05) is 6.61 Å². The first kappa shape index (κ1) is 16.4. The first-order chi connectivity index (χ1) is 11.7. The summed E-state index contributed by atoms with van der Waals surface area (Å²) >= 11 is 0. The van der Waals surface area contributed by atoms with Crippen molar-refractivity contribution in [2.24, 2.45) is 0 Å². The Morgan fingerprint density at radius 1 is 1.29 bits per heavy atom. The molecule has 0 aliphatic heterocycles. The number of amides is 1. The van der Waals surface area contributed by atoms with Crippen LogP contribution < -0.4 is 10.1 Å². The lowest BCUT2D eigenvalue weighted by molar-refractivity contribution is -0.0995. The molecule has 1 aliphatic rings. The molecule has 3 rings (SSSR count). The first-order valence-electron chi connectivity index (χ1n) is 7.93. The van der Waals surface area contributed by atoms with Gasteiger partial charge in [-0.2, -0.15) is 0 Å². The summed E-state index contributed by atoms with van der Waals surface area (Å²) in [6.45, 7) is 2.48. The molecule has 1 fully saturated rings. The lowest BCUT2D eigenvalue weighted by atomic mass is 9.85. The van der Waals surface area contributed by atoms with Crippen molar-refractivity contribution < 1.29 is 18.7 Å². The van der Waals surface area contributed by atoms with Crippen molar-refractivity contribution in [2.45, 2.75) is 31.6 Å². The Morgan fingerprint density at radius 3 is 2.79 bits per heavy atom. The van der Waals surface area contributed by atoms with Crippen LogP contribution in [0, 0.1) is 5.82 Å². The molecule has 126 valence electrons. The minimum Gasteiger partial charge on any atom is -0.486 e. The third-order valence-electron chi connectivity index (χ3n) is 3.94. The van der Waals surface area contributed by atoms with Gasteiger partial charge in [0.05, 0.1) is 12.1 Å². The number of hydrogen-bond acceptors (Lipinski definition) is 4. The number of ether oxygens (including phenoxy) is 2. The van der Waals surface area contributed by atoms with Crippen LogP contribution in [-0.2, 0) is 4.74 Å². The molecule has 1 aromatic heterocycles. The van der Waals surface area contributed by atoms with Gasteiger partial charge in [0.2, 0.25) is 0 Å². The summed E-state index contributed by atoms with van der Waals surface area (Å²) in [7, 11) is 0. The van der Waals surface area contributed by atoms with Gasteiger partial charge in [-0.05, 0) is 31.2 Å². The zero-order valence-corrected chi connectivity index (χ0v) is 13.3. The highest BCUT2D eigenvalue weighted by Gasteiger charge is 2.45. The van der Waals surface area contributed by atoms with Gasteiger partial charge in [0.15, 0.2) is 11.5 Å². The monoisotopic (exact) mass is 330 g/mol. The third kappa shape index (κ3) is 3.54. The average molecular weight is 330 g/mol. The molecule has 3 unspecified atom stereocenters. The van der Waals surface area contributed by atoms with Gasteiger partial charge in [-0.15, -0.1) is 0 Å². The van der Waals surface area contributed by atoms with Crippen LogP contribution in [-0.4, -0.2) is 35.7 Å². The van der Waals surface area contributed by atoms with Crippen LogP contribution in [0.15, 0.2) is 48.7 Å². The number of carbonyl (C=O) groups is 1. The summed E-state index contributed by atoms with van der Waals surface area (Å²) in [5, 5.41) is 2.79. The van der Waals surface area contributed by atoms with E-state index in [-0.39, 0.29) is 23.9 Å².